The molecular formula is C7H9N3O4S. The van der Waals surface area contributed by atoms with Gasteiger partial charge < -0.3 is 5.11 Å². The van der Waals surface area contributed by atoms with E-state index >= 15 is 0 Å². The van der Waals surface area contributed by atoms with Gasteiger partial charge in [-0.25, -0.2) is 9.89 Å². The maximum Gasteiger partial charge on any atom is 0.342 e. The molecule has 1 atom stereocenters. The summed E-state index contributed by atoms with van der Waals surface area (Å²) in [5.74, 6) is -1.02. The summed E-state index contributed by atoms with van der Waals surface area (Å²) in [4.78, 5) is 34.4. The topological polar surface area (TPSA) is 116 Å². The minimum absolute atomic E-state index is 0.0520. The molecule has 0 bridgehead atoms. The second-order valence-corrected chi connectivity index (χ2v) is 3.86. The van der Waals surface area contributed by atoms with Gasteiger partial charge in [-0.2, -0.15) is 5.10 Å². The molecule has 0 aliphatic heterocycles. The molecule has 3 N–H and O–H groups in total. The van der Waals surface area contributed by atoms with Crippen molar-refractivity contribution in [3.05, 3.63) is 20.8 Å². The summed E-state index contributed by atoms with van der Waals surface area (Å²) in [5, 5.41) is 13.4. The summed E-state index contributed by atoms with van der Waals surface area (Å²) in [6.45, 7) is 1.69. The number of nitrogens with zero attached hydrogens (tertiary/aromatic N) is 1. The molecule has 15 heavy (non-hydrogen) atoms. The standard InChI is InChI=1S/C7H9N3O4S/c1-2-3(6(12)13)15-5-4(11)8-7(14)10-9-5/h3H,2H2,1H3,(H,12,13)(H2,8,10,11,14). The van der Waals surface area contributed by atoms with E-state index in [2.05, 4.69) is 5.10 Å². The number of aromatic nitrogens is 3. The summed E-state index contributed by atoms with van der Waals surface area (Å²) in [6.07, 6.45) is 0.361. The van der Waals surface area contributed by atoms with E-state index in [-0.39, 0.29) is 5.03 Å². The largest absolute Gasteiger partial charge is 0.480 e. The molecule has 1 rings (SSSR count). The van der Waals surface area contributed by atoms with Gasteiger partial charge in [-0.15, -0.1) is 0 Å². The third kappa shape index (κ3) is 2.94. The van der Waals surface area contributed by atoms with E-state index < -0.39 is 22.5 Å². The number of nitrogens with one attached hydrogen (secondary N) is 2. The van der Waals surface area contributed by atoms with Crippen LogP contribution in [0.2, 0.25) is 0 Å². The highest BCUT2D eigenvalue weighted by Gasteiger charge is 2.19. The maximum atomic E-state index is 11.2. The second-order valence-electron chi connectivity index (χ2n) is 2.66. The Balaban J connectivity index is 2.94. The highest BCUT2D eigenvalue weighted by molar-refractivity contribution is 8.00. The van der Waals surface area contributed by atoms with E-state index in [0.29, 0.717) is 6.42 Å². The Morgan fingerprint density at radius 2 is 2.27 bits per heavy atom. The summed E-state index contributed by atoms with van der Waals surface area (Å²) in [6, 6.07) is 0. The van der Waals surface area contributed by atoms with Gasteiger partial charge in [0.2, 0.25) is 0 Å². The minimum Gasteiger partial charge on any atom is -0.480 e. The van der Waals surface area contributed by atoms with Crippen LogP contribution in [0.25, 0.3) is 0 Å². The number of carboxylic acid groups (broad SMARTS) is 1. The Hall–Kier alpha value is -1.57. The first-order valence-electron chi connectivity index (χ1n) is 4.13. The summed E-state index contributed by atoms with van der Waals surface area (Å²) in [7, 11) is 0. The number of rotatable bonds is 4. The van der Waals surface area contributed by atoms with Gasteiger partial charge in [0.1, 0.15) is 5.25 Å². The molecular weight excluding hydrogens is 222 g/mol. The zero-order valence-electron chi connectivity index (χ0n) is 7.81. The number of aromatic amines is 2. The quantitative estimate of drug-likeness (QED) is 0.596. The van der Waals surface area contributed by atoms with Crippen LogP contribution in [0, 0.1) is 0 Å². The van der Waals surface area contributed by atoms with E-state index in [1.54, 1.807) is 6.92 Å². The highest BCUT2D eigenvalue weighted by Crippen LogP contribution is 2.19. The van der Waals surface area contributed by atoms with Crippen LogP contribution in [0.15, 0.2) is 14.6 Å². The first kappa shape index (κ1) is 11.5. The Kier molecular flexibility index (Phi) is 3.67. The third-order valence-corrected chi connectivity index (χ3v) is 2.90. The van der Waals surface area contributed by atoms with Crippen molar-refractivity contribution in [2.24, 2.45) is 0 Å². The SMILES string of the molecule is CCC(Sc1n[nH]c(=O)[nH]c1=O)C(=O)O. The second kappa shape index (κ2) is 4.78. The van der Waals surface area contributed by atoms with Crippen molar-refractivity contribution in [3.63, 3.8) is 0 Å². The Morgan fingerprint density at radius 1 is 1.60 bits per heavy atom. The number of thioether (sulfide) groups is 1. The first-order chi connectivity index (χ1) is 7.04. The molecule has 0 saturated heterocycles. The van der Waals surface area contributed by atoms with Crippen molar-refractivity contribution >= 4 is 17.7 Å². The fourth-order valence-electron chi connectivity index (χ4n) is 0.860. The maximum absolute atomic E-state index is 11.2. The van der Waals surface area contributed by atoms with Crippen molar-refractivity contribution in [1.82, 2.24) is 15.2 Å². The molecule has 1 unspecified atom stereocenters. The summed E-state index contributed by atoms with van der Waals surface area (Å²) < 4.78 is 0. The highest BCUT2D eigenvalue weighted by atomic mass is 32.2. The molecule has 1 aromatic heterocycles. The molecule has 1 heterocycles. The Labute approximate surface area is 87.9 Å². The van der Waals surface area contributed by atoms with E-state index in [0.717, 1.165) is 11.8 Å². The number of hydrogen-bond acceptors (Lipinski definition) is 5. The lowest BCUT2D eigenvalue weighted by Gasteiger charge is -2.06. The predicted molar refractivity (Wildman–Crippen MR) is 53.1 cm³/mol. The van der Waals surface area contributed by atoms with Crippen molar-refractivity contribution in [2.45, 2.75) is 23.6 Å². The summed E-state index contributed by atoms with van der Waals surface area (Å²) in [5.41, 5.74) is -1.39. The minimum atomic E-state index is -1.02. The lowest BCUT2D eigenvalue weighted by Crippen LogP contribution is -2.27. The zero-order valence-corrected chi connectivity index (χ0v) is 8.63. The van der Waals surface area contributed by atoms with Crippen molar-refractivity contribution in [3.8, 4) is 0 Å². The van der Waals surface area contributed by atoms with Gasteiger partial charge in [0.05, 0.1) is 0 Å². The third-order valence-electron chi connectivity index (χ3n) is 1.58. The zero-order chi connectivity index (χ0) is 11.4. The van der Waals surface area contributed by atoms with Crippen molar-refractivity contribution in [1.29, 1.82) is 0 Å². The van der Waals surface area contributed by atoms with Gasteiger partial charge in [-0.3, -0.25) is 14.6 Å². The van der Waals surface area contributed by atoms with Crippen LogP contribution in [-0.4, -0.2) is 31.5 Å². The van der Waals surface area contributed by atoms with E-state index in [9.17, 15) is 14.4 Å². The lowest BCUT2D eigenvalue weighted by molar-refractivity contribution is -0.136. The fraction of sp³-hybridized carbons (Fsp3) is 0.429. The molecule has 0 saturated carbocycles. The Bertz CT molecular complexity index is 466. The van der Waals surface area contributed by atoms with E-state index in [4.69, 9.17) is 5.11 Å². The average Bonchev–Trinajstić information content (AvgIpc) is 2.16. The van der Waals surface area contributed by atoms with E-state index in [1.807, 2.05) is 10.1 Å². The predicted octanol–water partition coefficient (Wildman–Crippen LogP) is -0.587. The normalized spacial score (nSPS) is 12.3. The molecule has 82 valence electrons. The van der Waals surface area contributed by atoms with Crippen LogP contribution < -0.4 is 11.2 Å². The van der Waals surface area contributed by atoms with Crippen LogP contribution in [-0.2, 0) is 4.79 Å². The number of carbonyl (C=O) groups is 1. The van der Waals surface area contributed by atoms with Gasteiger partial charge in [0.25, 0.3) is 5.56 Å². The van der Waals surface area contributed by atoms with Crippen LogP contribution in [0.4, 0.5) is 0 Å². The lowest BCUT2D eigenvalue weighted by atomic mass is 10.3. The van der Waals surface area contributed by atoms with Gasteiger partial charge in [0.15, 0.2) is 5.03 Å². The molecule has 7 nitrogen and oxygen atoms in total. The van der Waals surface area contributed by atoms with Crippen LogP contribution in [0.5, 0.6) is 0 Å². The number of carboxylic acids is 1. The Morgan fingerprint density at radius 3 is 2.73 bits per heavy atom. The smallest absolute Gasteiger partial charge is 0.342 e. The van der Waals surface area contributed by atoms with Gasteiger partial charge in [0, 0.05) is 0 Å². The van der Waals surface area contributed by atoms with Gasteiger partial charge in [-0.1, -0.05) is 18.7 Å². The molecule has 0 radical (unpaired) electrons. The first-order valence-corrected chi connectivity index (χ1v) is 5.01. The van der Waals surface area contributed by atoms with Crippen LogP contribution in [0.3, 0.4) is 0 Å². The summed E-state index contributed by atoms with van der Waals surface area (Å²) >= 11 is 0.808. The van der Waals surface area contributed by atoms with Crippen LogP contribution in [0.1, 0.15) is 13.3 Å². The van der Waals surface area contributed by atoms with Crippen LogP contribution >= 0.6 is 11.8 Å². The molecule has 0 amide bonds. The molecule has 1 aromatic rings. The average molecular weight is 231 g/mol. The number of aliphatic carboxylic acids is 1. The molecule has 0 fully saturated rings. The monoisotopic (exact) mass is 231 g/mol. The molecule has 0 aromatic carbocycles. The molecule has 8 heteroatoms. The molecule has 0 spiro atoms. The van der Waals surface area contributed by atoms with E-state index in [1.165, 1.54) is 0 Å². The number of H-pyrrole nitrogens is 2. The molecule has 0 aliphatic carbocycles. The fourth-order valence-corrected chi connectivity index (χ4v) is 1.65. The van der Waals surface area contributed by atoms with Gasteiger partial charge >= 0.3 is 11.7 Å². The number of hydrogen-bond donors (Lipinski definition) is 3. The van der Waals surface area contributed by atoms with Crippen molar-refractivity contribution in [2.75, 3.05) is 0 Å². The van der Waals surface area contributed by atoms with Gasteiger partial charge in [-0.05, 0) is 6.42 Å². The molecule has 0 aliphatic rings. The van der Waals surface area contributed by atoms with Crippen molar-refractivity contribution < 1.29 is 9.90 Å².